The minimum Gasteiger partial charge on any atom is -0.493 e. The van der Waals surface area contributed by atoms with Gasteiger partial charge in [0, 0.05) is 33.3 Å². The van der Waals surface area contributed by atoms with Crippen LogP contribution in [-0.2, 0) is 9.53 Å². The number of carbonyl (C=O) groups is 2. The third-order valence-corrected chi connectivity index (χ3v) is 5.71. The largest absolute Gasteiger partial charge is 0.493 e. The van der Waals surface area contributed by atoms with Crippen LogP contribution in [0.5, 0.6) is 5.75 Å². The van der Waals surface area contributed by atoms with Crippen LogP contribution in [0.4, 0.5) is 0 Å². The first-order valence-corrected chi connectivity index (χ1v) is 10.1. The average molecular weight is 426 g/mol. The molecule has 2 aliphatic heterocycles. The molecule has 0 saturated carbocycles. The number of amides is 2. The fourth-order valence-electron chi connectivity index (χ4n) is 4.14. The summed E-state index contributed by atoms with van der Waals surface area (Å²) in [4.78, 5) is 29.9. The lowest BCUT2D eigenvalue weighted by atomic mass is 9.78. The molecule has 1 aromatic carbocycles. The van der Waals surface area contributed by atoms with Gasteiger partial charge in [0.15, 0.2) is 0 Å². The maximum Gasteiger partial charge on any atom is 0.257 e. The molecule has 0 unspecified atom stereocenters. The van der Waals surface area contributed by atoms with Gasteiger partial charge in [0.05, 0.1) is 24.2 Å². The van der Waals surface area contributed by atoms with Crippen LogP contribution in [-0.4, -0.2) is 81.2 Å². The van der Waals surface area contributed by atoms with Crippen LogP contribution in [0, 0.1) is 5.41 Å². The molecule has 0 atom stereocenters. The maximum atomic E-state index is 13.2. The molecule has 0 spiro atoms. The standard InChI is InChI=1S/C21H31N3O4.ClH/c1-3-28-18-7-5-4-6-17(18)19(25)23-12-14-24(15-13-23)20(26)21(16-27-2)8-10-22-11-9-21;/h4-7,22H,3,8-16H2,1-2H3;1H. The number of piperazine rings is 1. The summed E-state index contributed by atoms with van der Waals surface area (Å²) in [6.07, 6.45) is 1.58. The molecule has 2 heterocycles. The van der Waals surface area contributed by atoms with Crippen molar-refractivity contribution < 1.29 is 19.1 Å². The monoisotopic (exact) mass is 425 g/mol. The molecule has 0 aromatic heterocycles. The first-order valence-electron chi connectivity index (χ1n) is 10.1. The van der Waals surface area contributed by atoms with Gasteiger partial charge < -0.3 is 24.6 Å². The third-order valence-electron chi connectivity index (χ3n) is 5.71. The highest BCUT2D eigenvalue weighted by Gasteiger charge is 2.43. The number of halogens is 1. The topological polar surface area (TPSA) is 71.1 Å². The Morgan fingerprint density at radius 3 is 2.31 bits per heavy atom. The van der Waals surface area contributed by atoms with Crippen LogP contribution in [0.2, 0.25) is 0 Å². The number of rotatable bonds is 6. The lowest BCUT2D eigenvalue weighted by Crippen LogP contribution is -2.57. The van der Waals surface area contributed by atoms with E-state index in [-0.39, 0.29) is 24.2 Å². The van der Waals surface area contributed by atoms with E-state index in [2.05, 4.69) is 5.32 Å². The van der Waals surface area contributed by atoms with E-state index >= 15 is 0 Å². The molecule has 0 bridgehead atoms. The highest BCUT2D eigenvalue weighted by molar-refractivity contribution is 5.97. The van der Waals surface area contributed by atoms with E-state index in [0.29, 0.717) is 50.7 Å². The number of hydrogen-bond acceptors (Lipinski definition) is 5. The zero-order chi connectivity index (χ0) is 20.0. The lowest BCUT2D eigenvalue weighted by Gasteiger charge is -2.42. The molecular formula is C21H32ClN3O4. The van der Waals surface area contributed by atoms with Gasteiger partial charge in [-0.3, -0.25) is 9.59 Å². The van der Waals surface area contributed by atoms with E-state index in [1.807, 2.05) is 34.9 Å². The van der Waals surface area contributed by atoms with Crippen LogP contribution in [0.15, 0.2) is 24.3 Å². The average Bonchev–Trinajstić information content (AvgIpc) is 2.74. The molecule has 2 amide bonds. The summed E-state index contributed by atoms with van der Waals surface area (Å²) in [7, 11) is 1.66. The number of para-hydroxylation sites is 1. The number of piperidine rings is 1. The molecular weight excluding hydrogens is 394 g/mol. The van der Waals surface area contributed by atoms with Crippen molar-refractivity contribution in [2.45, 2.75) is 19.8 Å². The van der Waals surface area contributed by atoms with Gasteiger partial charge in [-0.05, 0) is 45.0 Å². The summed E-state index contributed by atoms with van der Waals surface area (Å²) < 4.78 is 11.0. The van der Waals surface area contributed by atoms with Crippen molar-refractivity contribution in [2.24, 2.45) is 5.41 Å². The Bertz CT molecular complexity index is 681. The van der Waals surface area contributed by atoms with Crippen LogP contribution in [0.25, 0.3) is 0 Å². The van der Waals surface area contributed by atoms with Crippen molar-refractivity contribution in [3.8, 4) is 5.75 Å². The van der Waals surface area contributed by atoms with Gasteiger partial charge >= 0.3 is 0 Å². The summed E-state index contributed by atoms with van der Waals surface area (Å²) in [5.74, 6) is 0.740. The second-order valence-electron chi connectivity index (χ2n) is 7.48. The highest BCUT2D eigenvalue weighted by atomic mass is 35.5. The van der Waals surface area contributed by atoms with E-state index in [1.165, 1.54) is 0 Å². The van der Waals surface area contributed by atoms with Gasteiger partial charge in [0.2, 0.25) is 5.91 Å². The molecule has 162 valence electrons. The van der Waals surface area contributed by atoms with E-state index in [0.717, 1.165) is 25.9 Å². The summed E-state index contributed by atoms with van der Waals surface area (Å²) in [6, 6.07) is 7.34. The zero-order valence-electron chi connectivity index (χ0n) is 17.3. The van der Waals surface area contributed by atoms with Crippen molar-refractivity contribution in [2.75, 3.05) is 59.6 Å². The smallest absolute Gasteiger partial charge is 0.257 e. The van der Waals surface area contributed by atoms with Gasteiger partial charge in [-0.1, -0.05) is 12.1 Å². The molecule has 2 aliphatic rings. The number of benzene rings is 1. The number of methoxy groups -OCH3 is 1. The predicted molar refractivity (Wildman–Crippen MR) is 114 cm³/mol. The van der Waals surface area contributed by atoms with Crippen molar-refractivity contribution >= 4 is 24.2 Å². The summed E-state index contributed by atoms with van der Waals surface area (Å²) >= 11 is 0. The lowest BCUT2D eigenvalue weighted by molar-refractivity contribution is -0.149. The third kappa shape index (κ3) is 5.21. The fraction of sp³-hybridized carbons (Fsp3) is 0.619. The Balaban J connectivity index is 0.00000300. The van der Waals surface area contributed by atoms with Gasteiger partial charge in [-0.15, -0.1) is 12.4 Å². The molecule has 1 aromatic rings. The molecule has 8 heteroatoms. The number of hydrogen-bond donors (Lipinski definition) is 1. The van der Waals surface area contributed by atoms with Crippen molar-refractivity contribution in [1.29, 1.82) is 0 Å². The van der Waals surface area contributed by atoms with Crippen LogP contribution in [0.1, 0.15) is 30.1 Å². The Morgan fingerprint density at radius 2 is 1.69 bits per heavy atom. The van der Waals surface area contributed by atoms with Gasteiger partial charge in [0.1, 0.15) is 5.75 Å². The van der Waals surface area contributed by atoms with Crippen LogP contribution >= 0.6 is 12.4 Å². The minimum atomic E-state index is -0.437. The highest BCUT2D eigenvalue weighted by Crippen LogP contribution is 2.32. The number of ether oxygens (including phenoxy) is 2. The van der Waals surface area contributed by atoms with E-state index in [9.17, 15) is 9.59 Å². The molecule has 2 saturated heterocycles. The summed E-state index contributed by atoms with van der Waals surface area (Å²) in [5.41, 5.74) is 0.145. The van der Waals surface area contributed by atoms with Crippen molar-refractivity contribution in [1.82, 2.24) is 15.1 Å². The van der Waals surface area contributed by atoms with E-state index in [1.54, 1.807) is 13.2 Å². The Hall–Kier alpha value is -1.83. The summed E-state index contributed by atoms with van der Waals surface area (Å²) in [5, 5.41) is 3.32. The molecule has 3 rings (SSSR count). The molecule has 0 aliphatic carbocycles. The molecule has 29 heavy (non-hydrogen) atoms. The first-order chi connectivity index (χ1) is 13.6. The Kier molecular flexibility index (Phi) is 8.74. The van der Waals surface area contributed by atoms with Gasteiger partial charge in [0.25, 0.3) is 5.91 Å². The quantitative estimate of drug-likeness (QED) is 0.752. The second kappa shape index (κ2) is 10.8. The molecule has 1 N–H and O–H groups in total. The Morgan fingerprint density at radius 1 is 1.07 bits per heavy atom. The van der Waals surface area contributed by atoms with Crippen molar-refractivity contribution in [3.63, 3.8) is 0 Å². The number of nitrogens with one attached hydrogen (secondary N) is 1. The second-order valence-corrected chi connectivity index (χ2v) is 7.48. The van der Waals surface area contributed by atoms with Gasteiger partial charge in [-0.25, -0.2) is 0 Å². The van der Waals surface area contributed by atoms with E-state index < -0.39 is 5.41 Å². The predicted octanol–water partition coefficient (Wildman–Crippen LogP) is 1.81. The van der Waals surface area contributed by atoms with Gasteiger partial charge in [-0.2, -0.15) is 0 Å². The Labute approximate surface area is 179 Å². The number of carbonyl (C=O) groups excluding carboxylic acids is 2. The maximum absolute atomic E-state index is 13.2. The zero-order valence-corrected chi connectivity index (χ0v) is 18.1. The van der Waals surface area contributed by atoms with Crippen LogP contribution < -0.4 is 10.1 Å². The SMILES string of the molecule is CCOc1ccccc1C(=O)N1CCN(C(=O)C2(COC)CCNCC2)CC1.Cl. The summed E-state index contributed by atoms with van der Waals surface area (Å²) in [6.45, 7) is 6.72. The molecule has 0 radical (unpaired) electrons. The number of nitrogens with zero attached hydrogens (tertiary/aromatic N) is 2. The van der Waals surface area contributed by atoms with Crippen molar-refractivity contribution in [3.05, 3.63) is 29.8 Å². The fourth-order valence-corrected chi connectivity index (χ4v) is 4.14. The normalized spacial score (nSPS) is 18.7. The van der Waals surface area contributed by atoms with E-state index in [4.69, 9.17) is 9.47 Å². The first kappa shape index (κ1) is 23.4. The molecule has 2 fully saturated rings. The minimum absolute atomic E-state index is 0. The molecule has 7 nitrogen and oxygen atoms in total. The van der Waals surface area contributed by atoms with Crippen LogP contribution in [0.3, 0.4) is 0 Å².